The van der Waals surface area contributed by atoms with Gasteiger partial charge in [0.25, 0.3) is 5.95 Å². The van der Waals surface area contributed by atoms with Gasteiger partial charge in [0.2, 0.25) is 5.12 Å². The van der Waals surface area contributed by atoms with E-state index in [2.05, 4.69) is 19.9 Å². The Morgan fingerprint density at radius 2 is 2.11 bits per heavy atom. The van der Waals surface area contributed by atoms with Crippen molar-refractivity contribution >= 4 is 23.0 Å². The molecule has 7 atom stereocenters. The molecule has 0 amide bonds. The molecule has 3 fully saturated rings. The molecule has 4 aliphatic carbocycles. The molecule has 2 aromatic heterocycles. The van der Waals surface area contributed by atoms with Gasteiger partial charge in [-0.1, -0.05) is 19.4 Å². The van der Waals surface area contributed by atoms with E-state index in [1.165, 1.54) is 17.9 Å². The van der Waals surface area contributed by atoms with Gasteiger partial charge in [-0.2, -0.15) is 5.10 Å². The molecule has 2 heterocycles. The topological polar surface area (TPSA) is 86.7 Å². The van der Waals surface area contributed by atoms with Crippen LogP contribution in [0.3, 0.4) is 0 Å². The second-order valence-corrected chi connectivity index (χ2v) is 14.3. The van der Waals surface area contributed by atoms with Crippen molar-refractivity contribution in [3.63, 3.8) is 0 Å². The van der Waals surface area contributed by atoms with Crippen molar-refractivity contribution in [2.75, 3.05) is 13.1 Å². The number of methoxy groups -OCH3 is 1. The summed E-state index contributed by atoms with van der Waals surface area (Å²) in [5.74, 6) is 0.205. The summed E-state index contributed by atoms with van der Waals surface area (Å²) >= 11 is 0.649. The van der Waals surface area contributed by atoms with E-state index in [9.17, 15) is 18.7 Å². The Morgan fingerprint density at radius 3 is 2.86 bits per heavy atom. The Morgan fingerprint density at radius 1 is 1.27 bits per heavy atom. The van der Waals surface area contributed by atoms with E-state index in [0.29, 0.717) is 30.2 Å². The van der Waals surface area contributed by atoms with Crippen LogP contribution in [-0.4, -0.2) is 44.8 Å². The fourth-order valence-corrected chi connectivity index (χ4v) is 10.3. The summed E-state index contributed by atoms with van der Waals surface area (Å²) in [5, 5.41) is 16.4. The molecule has 234 valence electrons. The van der Waals surface area contributed by atoms with Crippen LogP contribution in [0.5, 0.6) is 5.95 Å². The molecule has 0 spiro atoms. The molecule has 1 N–H and O–H groups in total. The molecule has 0 saturated heterocycles. The number of ether oxygens (including phenoxy) is 2. The predicted octanol–water partition coefficient (Wildman–Crippen LogP) is 6.91. The molecule has 1 aromatic carbocycles. The van der Waals surface area contributed by atoms with Gasteiger partial charge in [-0.3, -0.25) is 4.79 Å². The SMILES string of the molecule is COCc1cc(-n2ncc3c2C=C2CC[C@@H]4[C@H]([C@@H](O)C[C@@]5(C)[C@H]4CC[C@]5(Oc4ccco4)C(=O)SCF)[C@@]2(C)C3)ccc1F. The first-order valence-electron chi connectivity index (χ1n) is 15.3. The van der Waals surface area contributed by atoms with Gasteiger partial charge in [0.05, 0.1) is 36.6 Å². The van der Waals surface area contributed by atoms with Gasteiger partial charge in [0.15, 0.2) is 5.60 Å². The van der Waals surface area contributed by atoms with Crippen molar-refractivity contribution in [1.29, 1.82) is 0 Å². The number of hydrogen-bond acceptors (Lipinski definition) is 7. The van der Waals surface area contributed by atoms with Crippen molar-refractivity contribution < 1.29 is 32.6 Å². The summed E-state index contributed by atoms with van der Waals surface area (Å²) in [6, 6.07) is 7.52. The standard InChI is InChI=1S/C34H38F2N2O5S/c1-32-15-21-17-37-38(23-7-9-26(36)20(13-23)18-41-3)27(21)14-22(32)6-8-24-25-10-11-34(31(40)44-19-35,43-29-5-4-12-42-29)33(25,2)16-28(39)30(24)32/h4-5,7,9,12-14,17,24-25,28,30,39H,6,8,10-11,15-16,18-19H2,1-3H3/t24-,25-,28-,30+,32-,33-,34-/m0/s1. The van der Waals surface area contributed by atoms with Crippen LogP contribution in [0.15, 0.2) is 52.8 Å². The van der Waals surface area contributed by atoms with Crippen LogP contribution in [0.1, 0.15) is 62.8 Å². The fraction of sp³-hybridized carbons (Fsp3) is 0.529. The first kappa shape index (κ1) is 29.7. The monoisotopic (exact) mass is 624 g/mol. The van der Waals surface area contributed by atoms with E-state index in [0.717, 1.165) is 42.6 Å². The highest BCUT2D eigenvalue weighted by Crippen LogP contribution is 2.68. The van der Waals surface area contributed by atoms with Gasteiger partial charge < -0.3 is 19.0 Å². The maximum atomic E-state index is 14.4. The number of hydrogen-bond donors (Lipinski definition) is 1. The van der Waals surface area contributed by atoms with Crippen molar-refractivity contribution in [2.24, 2.45) is 28.6 Å². The second kappa shape index (κ2) is 10.8. The number of fused-ring (bicyclic) bond motifs is 6. The number of nitrogens with zero attached hydrogens (tertiary/aromatic N) is 2. The number of aromatic nitrogens is 2. The lowest BCUT2D eigenvalue weighted by atomic mass is 9.45. The van der Waals surface area contributed by atoms with Crippen molar-refractivity contribution in [3.8, 4) is 11.6 Å². The van der Waals surface area contributed by atoms with Crippen LogP contribution in [-0.2, 0) is 22.6 Å². The first-order valence-corrected chi connectivity index (χ1v) is 16.3. The average molecular weight is 625 g/mol. The molecule has 3 saturated carbocycles. The molecule has 7 rings (SSSR count). The molecule has 0 unspecified atom stereocenters. The second-order valence-electron chi connectivity index (χ2n) is 13.4. The minimum atomic E-state index is -1.28. The van der Waals surface area contributed by atoms with Crippen LogP contribution < -0.4 is 4.74 Å². The number of alkyl halides is 1. The number of thioether (sulfide) groups is 1. The van der Waals surface area contributed by atoms with Crippen LogP contribution in [0, 0.1) is 34.4 Å². The van der Waals surface area contributed by atoms with E-state index in [-0.39, 0.29) is 46.7 Å². The quantitative estimate of drug-likeness (QED) is 0.306. The largest absolute Gasteiger partial charge is 0.449 e. The van der Waals surface area contributed by atoms with Crippen molar-refractivity contribution in [3.05, 3.63) is 71.0 Å². The van der Waals surface area contributed by atoms with Crippen molar-refractivity contribution in [1.82, 2.24) is 9.78 Å². The highest BCUT2D eigenvalue weighted by molar-refractivity contribution is 8.13. The molecule has 0 aliphatic heterocycles. The number of rotatable bonds is 7. The van der Waals surface area contributed by atoms with E-state index >= 15 is 0 Å². The number of halogens is 2. The minimum Gasteiger partial charge on any atom is -0.449 e. The number of aliphatic hydroxyl groups excluding tert-OH is 1. The van der Waals surface area contributed by atoms with Crippen LogP contribution in [0.25, 0.3) is 11.8 Å². The lowest BCUT2D eigenvalue weighted by molar-refractivity contribution is -0.169. The summed E-state index contributed by atoms with van der Waals surface area (Å²) in [5.41, 5.74) is 2.35. The third-order valence-corrected chi connectivity index (χ3v) is 12.1. The molecule has 10 heteroatoms. The number of carbonyl (C=O) groups excluding carboxylic acids is 1. The zero-order valence-corrected chi connectivity index (χ0v) is 26.0. The van der Waals surface area contributed by atoms with Gasteiger partial charge in [-0.15, -0.1) is 0 Å². The minimum absolute atomic E-state index is 0.0143. The Hall–Kier alpha value is -2.95. The number of benzene rings is 1. The smallest absolute Gasteiger partial charge is 0.285 e. The van der Waals surface area contributed by atoms with E-state index in [4.69, 9.17) is 19.0 Å². The zero-order valence-electron chi connectivity index (χ0n) is 25.2. The Bertz CT molecular complexity index is 1610. The summed E-state index contributed by atoms with van der Waals surface area (Å²) < 4.78 is 46.9. The van der Waals surface area contributed by atoms with Gasteiger partial charge in [-0.25, -0.2) is 13.5 Å². The third kappa shape index (κ3) is 4.27. The van der Waals surface area contributed by atoms with Gasteiger partial charge in [0, 0.05) is 24.2 Å². The van der Waals surface area contributed by atoms with Crippen LogP contribution >= 0.6 is 11.8 Å². The third-order valence-electron chi connectivity index (χ3n) is 11.4. The molecule has 44 heavy (non-hydrogen) atoms. The Labute approximate surface area is 260 Å². The lowest BCUT2D eigenvalue weighted by Crippen LogP contribution is -2.63. The van der Waals surface area contributed by atoms with E-state index < -0.39 is 23.1 Å². The van der Waals surface area contributed by atoms with Crippen LogP contribution in [0.2, 0.25) is 0 Å². The molecular weight excluding hydrogens is 586 g/mol. The molecular formula is C34H38F2N2O5S. The fourth-order valence-electron chi connectivity index (χ4n) is 9.54. The normalized spacial score (nSPS) is 34.0. The number of carbonyl (C=O) groups is 1. The number of allylic oxidation sites excluding steroid dienone is 1. The van der Waals surface area contributed by atoms with Gasteiger partial charge >= 0.3 is 0 Å². The summed E-state index contributed by atoms with van der Waals surface area (Å²) in [6.07, 6.45) is 9.00. The zero-order chi connectivity index (χ0) is 30.9. The Kier molecular flexibility index (Phi) is 7.33. The average Bonchev–Trinajstić information content (AvgIpc) is 3.71. The molecule has 0 radical (unpaired) electrons. The Balaban J connectivity index is 1.23. The highest BCUT2D eigenvalue weighted by atomic mass is 32.2. The van der Waals surface area contributed by atoms with Gasteiger partial charge in [-0.05, 0) is 109 Å². The maximum absolute atomic E-state index is 14.4. The maximum Gasteiger partial charge on any atom is 0.285 e. The van der Waals surface area contributed by atoms with Gasteiger partial charge in [0.1, 0.15) is 11.8 Å². The predicted molar refractivity (Wildman–Crippen MR) is 162 cm³/mol. The van der Waals surface area contributed by atoms with Crippen LogP contribution in [0.4, 0.5) is 8.78 Å². The number of aliphatic hydroxyl groups is 1. The number of furan rings is 1. The highest BCUT2D eigenvalue weighted by Gasteiger charge is 2.70. The molecule has 4 aliphatic rings. The molecule has 3 aromatic rings. The van der Waals surface area contributed by atoms with Crippen molar-refractivity contribution in [2.45, 2.75) is 70.7 Å². The molecule has 7 nitrogen and oxygen atoms in total. The van der Waals surface area contributed by atoms with E-state index in [1.807, 2.05) is 10.9 Å². The molecule has 0 bridgehead atoms. The first-order chi connectivity index (χ1) is 21.1. The summed E-state index contributed by atoms with van der Waals surface area (Å²) in [4.78, 5) is 13.7. The summed E-state index contributed by atoms with van der Waals surface area (Å²) in [7, 11) is 1.55. The van der Waals surface area contributed by atoms with E-state index in [1.54, 1.807) is 31.4 Å². The lowest BCUT2D eigenvalue weighted by Gasteiger charge is -2.60. The summed E-state index contributed by atoms with van der Waals surface area (Å²) in [6.45, 7) is 4.50.